The Bertz CT molecular complexity index is 1680. The molecule has 0 bridgehead atoms. The zero-order valence-corrected chi connectivity index (χ0v) is 24.7. The Morgan fingerprint density at radius 2 is 1.93 bits per heavy atom. The number of hydrogen-bond acceptors (Lipinski definition) is 8. The number of rotatable bonds is 8. The monoisotopic (exact) mass is 592 g/mol. The molecule has 0 saturated carbocycles. The van der Waals surface area contributed by atoms with E-state index in [1.807, 2.05) is 48.4 Å². The van der Waals surface area contributed by atoms with Crippen LogP contribution in [0.2, 0.25) is 0 Å². The highest BCUT2D eigenvalue weighted by atomic mass is 32.2. The largest absolute Gasteiger partial charge is 0.482 e. The molecule has 0 saturated heterocycles. The van der Waals surface area contributed by atoms with Crippen LogP contribution in [0.15, 0.2) is 48.7 Å². The molecule has 1 atom stereocenters. The van der Waals surface area contributed by atoms with E-state index >= 15 is 0 Å². The van der Waals surface area contributed by atoms with Crippen molar-refractivity contribution >= 4 is 33.1 Å². The van der Waals surface area contributed by atoms with Crippen molar-refractivity contribution in [1.82, 2.24) is 24.4 Å². The fraction of sp³-hybridized carbons (Fsp3) is 0.379. The van der Waals surface area contributed by atoms with Crippen LogP contribution >= 0.6 is 11.3 Å². The van der Waals surface area contributed by atoms with Gasteiger partial charge in [0.15, 0.2) is 6.61 Å². The number of imidazole rings is 1. The van der Waals surface area contributed by atoms with Crippen molar-refractivity contribution in [3.8, 4) is 16.3 Å². The van der Waals surface area contributed by atoms with Crippen molar-refractivity contribution < 1.29 is 17.9 Å². The van der Waals surface area contributed by atoms with Gasteiger partial charge in [-0.3, -0.25) is 9.52 Å². The number of hydrogen-bond donors (Lipinski definition) is 1. The van der Waals surface area contributed by atoms with Crippen molar-refractivity contribution in [1.29, 1.82) is 0 Å². The van der Waals surface area contributed by atoms with Crippen molar-refractivity contribution in [2.24, 2.45) is 0 Å². The molecule has 41 heavy (non-hydrogen) atoms. The van der Waals surface area contributed by atoms with Gasteiger partial charge in [0.25, 0.3) is 5.91 Å². The molecule has 2 aliphatic rings. The van der Waals surface area contributed by atoms with Crippen LogP contribution < -0.4 is 9.46 Å². The predicted octanol–water partition coefficient (Wildman–Crippen LogP) is 4.22. The van der Waals surface area contributed by atoms with E-state index in [2.05, 4.69) is 14.3 Å². The number of amides is 1. The van der Waals surface area contributed by atoms with Gasteiger partial charge in [-0.15, -0.1) is 11.3 Å². The SMILES string of the molecule is CCc1nc(NS(C)(=O)=O)ccc1OCC(=O)N1CCc2nc3n(c2C1c1cnc(-c2ccccc2)s1)CCCC3. The van der Waals surface area contributed by atoms with Gasteiger partial charge in [0.05, 0.1) is 28.2 Å². The lowest BCUT2D eigenvalue weighted by Crippen LogP contribution is -2.43. The van der Waals surface area contributed by atoms with Gasteiger partial charge in [-0.1, -0.05) is 37.3 Å². The van der Waals surface area contributed by atoms with Crippen LogP contribution in [0.1, 0.15) is 53.6 Å². The van der Waals surface area contributed by atoms with Gasteiger partial charge in [-0.2, -0.15) is 0 Å². The summed E-state index contributed by atoms with van der Waals surface area (Å²) in [6, 6.07) is 13.0. The lowest BCUT2D eigenvalue weighted by molar-refractivity contribution is -0.135. The number of aromatic nitrogens is 4. The van der Waals surface area contributed by atoms with E-state index < -0.39 is 10.0 Å². The number of anilines is 1. The molecular formula is C29H32N6O4S2. The van der Waals surface area contributed by atoms with E-state index in [1.165, 1.54) is 6.07 Å². The number of ether oxygens (including phenoxy) is 1. The molecule has 10 nitrogen and oxygen atoms in total. The first-order valence-electron chi connectivity index (χ1n) is 13.8. The molecule has 6 rings (SSSR count). The molecule has 1 unspecified atom stereocenters. The molecule has 1 aromatic carbocycles. The Labute approximate surface area is 243 Å². The maximum Gasteiger partial charge on any atom is 0.261 e. The van der Waals surface area contributed by atoms with Crippen molar-refractivity contribution in [2.45, 2.75) is 51.6 Å². The molecule has 3 aromatic heterocycles. The molecule has 1 amide bonds. The van der Waals surface area contributed by atoms with Crippen LogP contribution in [0.25, 0.3) is 10.6 Å². The standard InChI is InChI=1S/C29H32N6O4S2/c1-3-20-22(12-13-24(31-20)33-41(2,37)38)39-18-26(36)35-16-14-21-27(34-15-8-7-11-25(34)32-21)28(35)23-17-30-29(40-23)19-9-5-4-6-10-19/h4-6,9-10,12-13,17,28H,3,7-8,11,14-16,18H2,1-2H3,(H,31,33). The number of thiazole rings is 1. The van der Waals surface area contributed by atoms with Gasteiger partial charge < -0.3 is 14.2 Å². The summed E-state index contributed by atoms with van der Waals surface area (Å²) < 4.78 is 33.9. The number of nitrogens with one attached hydrogen (secondary N) is 1. The Kier molecular flexibility index (Phi) is 7.52. The molecule has 214 valence electrons. The molecule has 0 fully saturated rings. The maximum absolute atomic E-state index is 13.8. The van der Waals surface area contributed by atoms with Crippen LogP contribution in [0, 0.1) is 0 Å². The minimum Gasteiger partial charge on any atom is -0.482 e. The van der Waals surface area contributed by atoms with Gasteiger partial charge in [0.1, 0.15) is 28.4 Å². The van der Waals surface area contributed by atoms with Crippen LogP contribution in [0.4, 0.5) is 5.82 Å². The average Bonchev–Trinajstić information content (AvgIpc) is 3.61. The Hall–Kier alpha value is -3.77. The molecule has 4 aromatic rings. The second-order valence-electron chi connectivity index (χ2n) is 10.3. The highest BCUT2D eigenvalue weighted by Gasteiger charge is 2.38. The lowest BCUT2D eigenvalue weighted by atomic mass is 10.0. The van der Waals surface area contributed by atoms with Gasteiger partial charge in [-0.05, 0) is 31.4 Å². The van der Waals surface area contributed by atoms with E-state index in [0.717, 1.165) is 64.7 Å². The number of sulfonamides is 1. The minimum atomic E-state index is -3.46. The molecule has 0 radical (unpaired) electrons. The van der Waals surface area contributed by atoms with Crippen molar-refractivity contribution in [3.05, 3.63) is 76.4 Å². The molecule has 0 aliphatic carbocycles. The van der Waals surface area contributed by atoms with Gasteiger partial charge in [-0.25, -0.2) is 23.4 Å². The minimum absolute atomic E-state index is 0.137. The number of carbonyl (C=O) groups is 1. The van der Waals surface area contributed by atoms with E-state index in [-0.39, 0.29) is 24.4 Å². The Morgan fingerprint density at radius 1 is 1.10 bits per heavy atom. The third kappa shape index (κ3) is 5.71. The Balaban J connectivity index is 1.29. The summed E-state index contributed by atoms with van der Waals surface area (Å²) in [5, 5.41) is 0.913. The van der Waals surface area contributed by atoms with Gasteiger partial charge in [0.2, 0.25) is 10.0 Å². The van der Waals surface area contributed by atoms with Crippen molar-refractivity contribution in [3.63, 3.8) is 0 Å². The smallest absolute Gasteiger partial charge is 0.261 e. The normalized spacial score (nSPS) is 16.6. The summed E-state index contributed by atoms with van der Waals surface area (Å²) in [7, 11) is -3.46. The summed E-state index contributed by atoms with van der Waals surface area (Å²) in [4.78, 5) is 30.8. The zero-order chi connectivity index (χ0) is 28.6. The number of benzene rings is 1. The van der Waals surface area contributed by atoms with Crippen LogP contribution in [0.5, 0.6) is 5.75 Å². The maximum atomic E-state index is 13.8. The average molecular weight is 593 g/mol. The van der Waals surface area contributed by atoms with E-state index in [1.54, 1.807) is 17.4 Å². The van der Waals surface area contributed by atoms with Gasteiger partial charge >= 0.3 is 0 Å². The number of nitrogens with zero attached hydrogens (tertiary/aromatic N) is 5. The highest BCUT2D eigenvalue weighted by molar-refractivity contribution is 7.92. The molecular weight excluding hydrogens is 560 g/mol. The topological polar surface area (TPSA) is 119 Å². The third-order valence-electron chi connectivity index (χ3n) is 7.40. The van der Waals surface area contributed by atoms with Gasteiger partial charge in [0, 0.05) is 37.7 Å². The van der Waals surface area contributed by atoms with Crippen LogP contribution in [-0.2, 0) is 40.6 Å². The first kappa shape index (κ1) is 27.4. The van der Waals surface area contributed by atoms with E-state index in [4.69, 9.17) is 14.7 Å². The second kappa shape index (κ2) is 11.2. The molecule has 1 N–H and O–H groups in total. The number of fused-ring (bicyclic) bond motifs is 3. The molecule has 2 aliphatic heterocycles. The van der Waals surface area contributed by atoms with E-state index in [0.29, 0.717) is 30.8 Å². The first-order chi connectivity index (χ1) is 19.8. The summed E-state index contributed by atoms with van der Waals surface area (Å²) in [6.45, 7) is 3.17. The molecule has 12 heteroatoms. The molecule has 0 spiro atoms. The third-order valence-corrected chi connectivity index (χ3v) is 9.08. The van der Waals surface area contributed by atoms with Crippen LogP contribution in [0.3, 0.4) is 0 Å². The first-order valence-corrected chi connectivity index (χ1v) is 16.5. The summed E-state index contributed by atoms with van der Waals surface area (Å²) in [5.41, 5.74) is 3.78. The highest BCUT2D eigenvalue weighted by Crippen LogP contribution is 2.41. The Morgan fingerprint density at radius 3 is 2.71 bits per heavy atom. The van der Waals surface area contributed by atoms with Crippen molar-refractivity contribution in [2.75, 3.05) is 24.1 Å². The summed E-state index contributed by atoms with van der Waals surface area (Å²) >= 11 is 1.60. The van der Waals surface area contributed by atoms with E-state index in [9.17, 15) is 13.2 Å². The quantitative estimate of drug-likeness (QED) is 0.325. The zero-order valence-electron chi connectivity index (χ0n) is 23.0. The fourth-order valence-electron chi connectivity index (χ4n) is 5.58. The number of pyridine rings is 1. The second-order valence-corrected chi connectivity index (χ2v) is 13.1. The predicted molar refractivity (Wildman–Crippen MR) is 158 cm³/mol. The van der Waals surface area contributed by atoms with Crippen LogP contribution in [-0.4, -0.2) is 58.2 Å². The summed E-state index contributed by atoms with van der Waals surface area (Å²) in [6.07, 6.45) is 7.35. The summed E-state index contributed by atoms with van der Waals surface area (Å²) in [5.74, 6) is 1.64. The molecule has 5 heterocycles. The number of carbonyl (C=O) groups excluding carboxylic acids is 1. The lowest BCUT2D eigenvalue weighted by Gasteiger charge is -2.36. The number of aryl methyl sites for hydroxylation is 2. The fourth-order valence-corrected chi connectivity index (χ4v) is 7.11.